The molecular weight excluding hydrogens is 733 g/mol. The zero-order chi connectivity index (χ0) is 39.7. The van der Waals surface area contributed by atoms with Crippen molar-refractivity contribution in [1.29, 1.82) is 0 Å². The van der Waals surface area contributed by atoms with Crippen LogP contribution in [-0.2, 0) is 60.1 Å². The smallest absolute Gasteiger partial charge is 0.320 e. The van der Waals surface area contributed by atoms with Gasteiger partial charge in [0.2, 0.25) is 0 Å². The molecule has 10 nitrogen and oxygen atoms in total. The second-order valence-electron chi connectivity index (χ2n) is 13.6. The molecule has 0 aliphatic carbocycles. The number of ether oxygens (including phenoxy) is 6. The highest BCUT2D eigenvalue weighted by atomic mass is 32.2. The standard InChI is InChI=1S/C45H46O10S/c1-31-25-27-36(28-26-31)56(48,49)41-37(30-54-45(33-19-11-6-12-20-33,34-21-13-7-14-22-34)35-23-15-8-16-24-35)55-44(52-4)40(53-29-32-17-9-5-10-18-32)38(41)39(42(46)50-2)43(47)51-3/h5-28,37-41,44H,29-30H2,1-4H3/t37-,38-,40-,41-,44+/m1/s1. The van der Waals surface area contributed by atoms with E-state index in [-0.39, 0.29) is 18.1 Å². The summed E-state index contributed by atoms with van der Waals surface area (Å²) in [6.07, 6.45) is -3.88. The molecule has 0 unspecified atom stereocenters. The van der Waals surface area contributed by atoms with Crippen LogP contribution in [-0.4, -0.2) is 72.0 Å². The summed E-state index contributed by atoms with van der Waals surface area (Å²) < 4.78 is 67.0. The average Bonchev–Trinajstić information content (AvgIpc) is 3.24. The summed E-state index contributed by atoms with van der Waals surface area (Å²) in [6.45, 7) is 1.49. The second-order valence-corrected chi connectivity index (χ2v) is 15.7. The van der Waals surface area contributed by atoms with Crippen LogP contribution in [0, 0.1) is 18.8 Å². The van der Waals surface area contributed by atoms with E-state index in [0.717, 1.165) is 42.0 Å². The largest absolute Gasteiger partial charge is 0.468 e. The van der Waals surface area contributed by atoms with Crippen molar-refractivity contribution in [3.05, 3.63) is 173 Å². The van der Waals surface area contributed by atoms with Gasteiger partial charge in [-0.1, -0.05) is 139 Å². The van der Waals surface area contributed by atoms with Gasteiger partial charge in [0, 0.05) is 13.0 Å². The van der Waals surface area contributed by atoms with Crippen LogP contribution in [0.3, 0.4) is 0 Å². The number of hydrogen-bond donors (Lipinski definition) is 0. The number of aryl methyl sites for hydroxylation is 1. The van der Waals surface area contributed by atoms with Crippen molar-refractivity contribution in [2.75, 3.05) is 27.9 Å². The van der Waals surface area contributed by atoms with Crippen molar-refractivity contribution in [2.45, 2.75) is 47.8 Å². The highest BCUT2D eigenvalue weighted by Crippen LogP contribution is 2.45. The molecule has 0 saturated carbocycles. The molecule has 1 fully saturated rings. The molecule has 1 aliphatic heterocycles. The molecule has 0 bridgehead atoms. The van der Waals surface area contributed by atoms with Crippen molar-refractivity contribution in [3.63, 3.8) is 0 Å². The van der Waals surface area contributed by atoms with Crippen molar-refractivity contribution in [1.82, 2.24) is 0 Å². The van der Waals surface area contributed by atoms with Gasteiger partial charge in [-0.15, -0.1) is 0 Å². The van der Waals surface area contributed by atoms with Crippen LogP contribution in [0.5, 0.6) is 0 Å². The molecule has 6 rings (SSSR count). The molecule has 5 aromatic carbocycles. The molecule has 11 heteroatoms. The fraction of sp³-hybridized carbons (Fsp3) is 0.289. The maximum absolute atomic E-state index is 15.3. The number of carbonyl (C=O) groups excluding carboxylic acids is 2. The van der Waals surface area contributed by atoms with E-state index < -0.39 is 63.0 Å². The van der Waals surface area contributed by atoms with Crippen molar-refractivity contribution in [2.24, 2.45) is 11.8 Å². The number of hydrogen-bond acceptors (Lipinski definition) is 10. The number of sulfone groups is 1. The monoisotopic (exact) mass is 778 g/mol. The highest BCUT2D eigenvalue weighted by Gasteiger charge is 2.59. The first-order valence-electron chi connectivity index (χ1n) is 18.3. The first kappa shape index (κ1) is 40.5. The Labute approximate surface area is 328 Å². The third-order valence-corrected chi connectivity index (χ3v) is 12.5. The van der Waals surface area contributed by atoms with Crippen LogP contribution in [0.1, 0.15) is 27.8 Å². The predicted octanol–water partition coefficient (Wildman–Crippen LogP) is 6.68. The van der Waals surface area contributed by atoms with Crippen molar-refractivity contribution >= 4 is 21.8 Å². The lowest BCUT2D eigenvalue weighted by molar-refractivity contribution is -0.273. The lowest BCUT2D eigenvalue weighted by Gasteiger charge is -2.48. The van der Waals surface area contributed by atoms with Crippen LogP contribution in [0.2, 0.25) is 0 Å². The first-order chi connectivity index (χ1) is 27.1. The Balaban J connectivity index is 1.56. The molecule has 56 heavy (non-hydrogen) atoms. The molecule has 0 radical (unpaired) electrons. The molecule has 5 atom stereocenters. The normalized spacial score (nSPS) is 20.0. The molecule has 0 spiro atoms. The van der Waals surface area contributed by atoms with Gasteiger partial charge >= 0.3 is 11.9 Å². The Kier molecular flexibility index (Phi) is 13.1. The Morgan fingerprint density at radius 2 is 1.14 bits per heavy atom. The fourth-order valence-electron chi connectivity index (χ4n) is 7.53. The maximum atomic E-state index is 15.3. The SMILES string of the molecule is COC(=O)C(C(=O)OC)[C@@H]1[C@@H](OCc2ccccc2)[C@@H](OC)O[C@H](COC(c2ccccc2)(c2ccccc2)c2ccccc2)[C@H]1S(=O)(=O)c1ccc(C)cc1. The van der Waals surface area contributed by atoms with Crippen LogP contribution >= 0.6 is 0 Å². The molecule has 292 valence electrons. The maximum Gasteiger partial charge on any atom is 0.320 e. The van der Waals surface area contributed by atoms with E-state index in [0.29, 0.717) is 0 Å². The summed E-state index contributed by atoms with van der Waals surface area (Å²) in [5.41, 5.74) is 2.65. The first-order valence-corrected chi connectivity index (χ1v) is 19.8. The minimum absolute atomic E-state index is 0.0160. The van der Waals surface area contributed by atoms with E-state index in [1.54, 1.807) is 12.1 Å². The zero-order valence-corrected chi connectivity index (χ0v) is 32.5. The minimum Gasteiger partial charge on any atom is -0.468 e. The Morgan fingerprint density at radius 1 is 0.679 bits per heavy atom. The lowest BCUT2D eigenvalue weighted by Crippen LogP contribution is -2.63. The van der Waals surface area contributed by atoms with Crippen LogP contribution < -0.4 is 0 Å². The fourth-order valence-corrected chi connectivity index (χ4v) is 9.63. The molecule has 1 heterocycles. The molecule has 0 N–H and O–H groups in total. The minimum atomic E-state index is -4.47. The number of rotatable bonds is 15. The van der Waals surface area contributed by atoms with Gasteiger partial charge in [0.25, 0.3) is 0 Å². The zero-order valence-electron chi connectivity index (χ0n) is 31.7. The Morgan fingerprint density at radius 3 is 1.59 bits per heavy atom. The van der Waals surface area contributed by atoms with Crippen molar-refractivity contribution in [3.8, 4) is 0 Å². The molecule has 0 aromatic heterocycles. The van der Waals surface area contributed by atoms with Gasteiger partial charge < -0.3 is 28.4 Å². The van der Waals surface area contributed by atoms with Gasteiger partial charge in [-0.2, -0.15) is 0 Å². The predicted molar refractivity (Wildman–Crippen MR) is 209 cm³/mol. The molecule has 5 aromatic rings. The van der Waals surface area contributed by atoms with Crippen LogP contribution in [0.15, 0.2) is 150 Å². The summed E-state index contributed by atoms with van der Waals surface area (Å²) in [5, 5.41) is -1.62. The van der Waals surface area contributed by atoms with E-state index in [2.05, 4.69) is 0 Å². The number of carbonyl (C=O) groups is 2. The van der Waals surface area contributed by atoms with Crippen molar-refractivity contribution < 1.29 is 46.4 Å². The van der Waals surface area contributed by atoms with Gasteiger partial charge in [0.05, 0.1) is 32.3 Å². The molecular formula is C45H46O10S. The van der Waals surface area contributed by atoms with Gasteiger partial charge in [-0.05, 0) is 41.3 Å². The summed E-state index contributed by atoms with van der Waals surface area (Å²) in [5.74, 6) is -5.20. The van der Waals surface area contributed by atoms with Gasteiger partial charge in [0.1, 0.15) is 23.1 Å². The van der Waals surface area contributed by atoms with Gasteiger partial charge in [0.15, 0.2) is 22.0 Å². The summed E-state index contributed by atoms with van der Waals surface area (Å²) >= 11 is 0. The van der Waals surface area contributed by atoms with Crippen LogP contribution in [0.25, 0.3) is 0 Å². The summed E-state index contributed by atoms with van der Waals surface area (Å²) in [7, 11) is -0.825. The third-order valence-electron chi connectivity index (χ3n) is 10.2. The van der Waals surface area contributed by atoms with Gasteiger partial charge in [-0.25, -0.2) is 8.42 Å². The number of benzene rings is 5. The second kappa shape index (κ2) is 18.2. The average molecular weight is 779 g/mol. The highest BCUT2D eigenvalue weighted by molar-refractivity contribution is 7.92. The van der Waals surface area contributed by atoms with E-state index in [1.165, 1.54) is 19.2 Å². The van der Waals surface area contributed by atoms with E-state index in [9.17, 15) is 9.59 Å². The number of methoxy groups -OCH3 is 3. The van der Waals surface area contributed by atoms with Crippen LogP contribution in [0.4, 0.5) is 0 Å². The molecule has 1 saturated heterocycles. The quantitative estimate of drug-likeness (QED) is 0.0646. The topological polar surface area (TPSA) is 124 Å². The third kappa shape index (κ3) is 8.33. The Hall–Kier alpha value is -5.17. The van der Waals surface area contributed by atoms with Gasteiger partial charge in [-0.3, -0.25) is 9.59 Å². The lowest BCUT2D eigenvalue weighted by atomic mass is 9.79. The summed E-state index contributed by atoms with van der Waals surface area (Å²) in [4.78, 5) is 27.5. The van der Waals surface area contributed by atoms with E-state index >= 15 is 8.42 Å². The molecule has 1 aliphatic rings. The Bertz CT molecular complexity index is 2020. The summed E-state index contributed by atoms with van der Waals surface area (Å²) in [6, 6.07) is 44.4. The molecule has 0 amide bonds. The van der Waals surface area contributed by atoms with E-state index in [1.807, 2.05) is 128 Å². The number of esters is 2. The van der Waals surface area contributed by atoms with E-state index in [4.69, 9.17) is 28.4 Å².